The van der Waals surface area contributed by atoms with Crippen LogP contribution in [0.1, 0.15) is 86.3 Å². The molecule has 0 radical (unpaired) electrons. The van der Waals surface area contributed by atoms with Gasteiger partial charge in [-0.15, -0.1) is 11.3 Å². The third-order valence-corrected chi connectivity index (χ3v) is 25.5. The molecule has 6 aliphatic rings. The Labute approximate surface area is 746 Å². The van der Waals surface area contributed by atoms with Crippen molar-refractivity contribution in [3.05, 3.63) is 249 Å². The maximum absolute atomic E-state index is 13.6. The van der Waals surface area contributed by atoms with Gasteiger partial charge in [0, 0.05) is 104 Å². The molecule has 2 unspecified atom stereocenters. The number of nitrogens with one attached hydrogen (secondary N) is 1. The molecule has 4 aromatic heterocycles. The lowest BCUT2D eigenvalue weighted by atomic mass is 9.87. The van der Waals surface area contributed by atoms with E-state index in [4.69, 9.17) is 51.8 Å². The molecule has 2 saturated heterocycles. The van der Waals surface area contributed by atoms with E-state index in [2.05, 4.69) is 87.3 Å². The average Bonchev–Trinajstić information content (AvgIpc) is 1.61. The molecule has 670 valence electrons. The maximum atomic E-state index is 13.6. The maximum Gasteiger partial charge on any atom is 0.239 e. The lowest BCUT2D eigenvalue weighted by Crippen LogP contribution is -2.60. The van der Waals surface area contributed by atoms with E-state index < -0.39 is 71.5 Å². The van der Waals surface area contributed by atoms with Crippen molar-refractivity contribution in [2.45, 2.75) is 94.7 Å². The van der Waals surface area contributed by atoms with Gasteiger partial charge in [0.15, 0.2) is 57.5 Å². The first-order valence-corrected chi connectivity index (χ1v) is 43.2. The first kappa shape index (κ1) is 89.1. The molecule has 129 heavy (non-hydrogen) atoms. The van der Waals surface area contributed by atoms with Crippen molar-refractivity contribution >= 4 is 60.0 Å². The highest BCUT2D eigenvalue weighted by molar-refractivity contribution is 7.22. The average molecular weight is 1770 g/mol. The number of rotatable bonds is 16. The third kappa shape index (κ3) is 18.7. The fourth-order valence-electron chi connectivity index (χ4n) is 17.3. The minimum absolute atomic E-state index is 0.000437. The van der Waals surface area contributed by atoms with Crippen molar-refractivity contribution in [1.82, 2.24) is 24.7 Å². The van der Waals surface area contributed by atoms with E-state index in [0.717, 1.165) is 148 Å². The Bertz CT molecular complexity index is 6490. The Morgan fingerprint density at radius 2 is 1.26 bits per heavy atom. The van der Waals surface area contributed by atoms with Gasteiger partial charge in [-0.25, -0.2) is 0 Å². The number of carbonyl (C=O) groups is 1. The van der Waals surface area contributed by atoms with Gasteiger partial charge in [0.2, 0.25) is 23.2 Å². The van der Waals surface area contributed by atoms with Crippen molar-refractivity contribution < 1.29 is 108 Å². The molecule has 28 nitrogen and oxygen atoms in total. The number of ketones is 1. The van der Waals surface area contributed by atoms with E-state index in [1.165, 1.54) is 69.7 Å². The summed E-state index contributed by atoms with van der Waals surface area (Å²) in [7, 11) is 12.8. The lowest BCUT2D eigenvalue weighted by Gasteiger charge is -2.39. The molecule has 0 aliphatic carbocycles. The second-order valence-electron chi connectivity index (χ2n) is 32.4. The highest BCUT2D eigenvalue weighted by Crippen LogP contribution is 2.53. The van der Waals surface area contributed by atoms with Crippen molar-refractivity contribution in [3.8, 4) is 120 Å². The first-order chi connectivity index (χ1) is 62.4. The Hall–Kier alpha value is -13.3. The summed E-state index contributed by atoms with van der Waals surface area (Å²) in [6.45, 7) is 6.98. The van der Waals surface area contributed by atoms with Gasteiger partial charge in [-0.3, -0.25) is 29.3 Å². The molecule has 6 bridgehead atoms. The molecule has 20 rings (SSSR count). The fraction of sp³-hybridized carbons (Fsp3) is 0.290. The van der Waals surface area contributed by atoms with Gasteiger partial charge in [-0.05, 0) is 252 Å². The Morgan fingerprint density at radius 1 is 0.574 bits per heavy atom. The van der Waals surface area contributed by atoms with E-state index in [-0.39, 0.29) is 51.7 Å². The van der Waals surface area contributed by atoms with Crippen molar-refractivity contribution in [1.29, 1.82) is 0 Å². The van der Waals surface area contributed by atoms with E-state index in [9.17, 15) is 60.7 Å². The van der Waals surface area contributed by atoms with Gasteiger partial charge in [0.05, 0.1) is 58.9 Å². The SMILES string of the molecule is COc1ccc2c(c1)[nH]c1c(C)nccc12.COc1ccc2cc1Oc1ccc(cc1)C[C@H]1c3cc(c(OC)cc3CCN1C)Oc1c(OC)c(OC)cc3c1[C@H](C2)N(C)CC3.O=C(c1ccc(OCCN2CCCCC2)cc1)c1c(-c2ccc(O)cc2)sc2cc(O)ccc12.O=c1c(O[C@@H]2OC(CO)[C@@H](O)C(O)[C@H]2O)c(-c2ccc(O)c(O)c2)oc2cc(O)cc(O)c12. The zero-order valence-corrected chi connectivity index (χ0v) is 73.1. The van der Waals surface area contributed by atoms with Gasteiger partial charge >= 0.3 is 0 Å². The van der Waals surface area contributed by atoms with Gasteiger partial charge < -0.3 is 108 Å². The number of likely N-dealkylation sites (tertiary alicyclic amines) is 1. The number of aromatic amines is 1. The van der Waals surface area contributed by atoms with Crippen molar-refractivity contribution in [2.75, 3.05) is 95.6 Å². The number of hydrogen-bond acceptors (Lipinski definition) is 28. The smallest absolute Gasteiger partial charge is 0.239 e. The summed E-state index contributed by atoms with van der Waals surface area (Å²) in [6.07, 6.45) is 0.664. The predicted octanol–water partition coefficient (Wildman–Crippen LogP) is 15.7. The van der Waals surface area contributed by atoms with E-state index in [0.29, 0.717) is 58.0 Å². The molecule has 10 heterocycles. The molecule has 29 heteroatoms. The van der Waals surface area contributed by atoms with Crippen LogP contribution in [0.3, 0.4) is 0 Å². The Balaban J connectivity index is 0.000000132. The van der Waals surface area contributed by atoms with Gasteiger partial charge in [0.25, 0.3) is 0 Å². The van der Waals surface area contributed by atoms with Crippen LogP contribution in [0.25, 0.3) is 64.6 Å². The lowest BCUT2D eigenvalue weighted by molar-refractivity contribution is -0.277. The number of nitrogens with zero attached hydrogens (tertiary/aromatic N) is 4. The van der Waals surface area contributed by atoms with Gasteiger partial charge in [-0.2, -0.15) is 0 Å². The first-order valence-electron chi connectivity index (χ1n) is 42.4. The monoisotopic (exact) mass is 1770 g/mol. The van der Waals surface area contributed by atoms with Crippen molar-refractivity contribution in [2.24, 2.45) is 0 Å². The number of carbonyl (C=O) groups excluding carboxylic acids is 1. The quantitative estimate of drug-likeness (QED) is 0.0316. The van der Waals surface area contributed by atoms with Crippen LogP contribution in [0, 0.1) is 6.92 Å². The molecule has 11 N–H and O–H groups in total. The summed E-state index contributed by atoms with van der Waals surface area (Å²) in [5.41, 5.74) is 11.2. The number of piperidine rings is 1. The summed E-state index contributed by atoms with van der Waals surface area (Å²) in [6, 6.07) is 53.9. The minimum Gasteiger partial charge on any atom is -0.508 e. The number of pyridine rings is 1. The zero-order chi connectivity index (χ0) is 90.6. The fourth-order valence-corrected chi connectivity index (χ4v) is 18.5. The number of ether oxygens (including phenoxy) is 10. The van der Waals surface area contributed by atoms with Crippen LogP contribution in [0.15, 0.2) is 197 Å². The molecule has 0 spiro atoms. The normalized spacial score (nSPS) is 18.5. The summed E-state index contributed by atoms with van der Waals surface area (Å²) in [4.78, 5) is 42.6. The number of fused-ring (bicyclic) bond motifs is 7. The number of likely N-dealkylation sites (N-methyl/N-ethyl adjacent to an activating group) is 2. The Morgan fingerprint density at radius 3 is 1.98 bits per heavy atom. The van der Waals surface area contributed by atoms with Crippen LogP contribution in [0.4, 0.5) is 0 Å². The van der Waals surface area contributed by atoms with Crippen LogP contribution in [0.5, 0.6) is 97.7 Å². The zero-order valence-electron chi connectivity index (χ0n) is 72.3. The number of aliphatic hydroxyl groups is 4. The number of aromatic hydroxyl groups is 6. The second kappa shape index (κ2) is 38.7. The molecule has 2 fully saturated rings. The summed E-state index contributed by atoms with van der Waals surface area (Å²) in [5.74, 6) is 4.24. The number of aryl methyl sites for hydroxylation is 1. The number of phenols is 6. The second-order valence-corrected chi connectivity index (χ2v) is 33.4. The molecule has 7 atom stereocenters. The largest absolute Gasteiger partial charge is 0.508 e. The topological polar surface area (TPSA) is 380 Å². The van der Waals surface area contributed by atoms with Crippen LogP contribution in [0.2, 0.25) is 0 Å². The molecule has 6 aliphatic heterocycles. The summed E-state index contributed by atoms with van der Waals surface area (Å²) < 4.78 is 65.5. The molecule has 0 amide bonds. The summed E-state index contributed by atoms with van der Waals surface area (Å²) >= 11 is 1.46. The third-order valence-electron chi connectivity index (χ3n) is 24.3. The standard InChI is InChI=1S/C38H42N2O6.C28H27NO4S.C21H20O12.C13H12N2O/c1-39-15-13-25-20-32(42-4)34-22-28(25)29(39)17-23-7-10-27(11-8-23)45-33-19-24(9-12-31(33)41-3)18-30-36-26(14-16-40(30)2)21-35(43-5)37(44-6)38(36)46-34;30-21-8-4-20(5-9-21)28-26(24-13-10-22(31)18-25(24)34-28)27(32)19-6-11-23(12-7-19)33-17-16-29-14-2-1-3-15-29;22-6-13-15(27)17(29)18(30)21(32-13)33-20-16(28)14-11(26)4-8(23)5-12(14)31-19(20)7-1-2-9(24)10(25)3-7;1-8-13-11(5-6-14-8)10-4-3-9(16-2)7-12(10)15-13/h7-12,19-22,29-30H,13-18H2,1-6H3;4-13,18,30-31H,1-3,14-17H2;1-5,13,15,17-18,21-27,29-30H,6H2;3-7,15H,1-2H3/t29-,30-;;13?,15-,17?,18-,21+;/m0.1./s1. The van der Waals surface area contributed by atoms with Crippen LogP contribution >= 0.6 is 11.3 Å². The number of aromatic nitrogens is 2. The van der Waals surface area contributed by atoms with E-state index in [1.54, 1.807) is 78.0 Å². The van der Waals surface area contributed by atoms with E-state index in [1.807, 2.05) is 73.8 Å². The molecular formula is C100H101N5O23S. The van der Waals surface area contributed by atoms with Crippen LogP contribution < -0.4 is 48.1 Å². The predicted molar refractivity (Wildman–Crippen MR) is 488 cm³/mol. The van der Waals surface area contributed by atoms with Gasteiger partial charge in [0.1, 0.15) is 82.2 Å². The van der Waals surface area contributed by atoms with Crippen LogP contribution in [-0.2, 0) is 30.4 Å². The molecule has 10 aromatic carbocycles. The number of H-pyrrole nitrogens is 1. The molecular weight excluding hydrogens is 1670 g/mol. The number of aliphatic hydroxyl groups excluding tert-OH is 4. The highest BCUT2D eigenvalue weighted by atomic mass is 32.1. The Kier molecular flexibility index (Phi) is 26.7. The highest BCUT2D eigenvalue weighted by Gasteiger charge is 2.46. The number of phenolic OH excluding ortho intramolecular Hbond substituents is 6. The number of hydrogen-bond donors (Lipinski definition) is 11. The van der Waals surface area contributed by atoms with Crippen molar-refractivity contribution in [3.63, 3.8) is 0 Å². The van der Waals surface area contributed by atoms with Crippen LogP contribution in [-0.4, -0.2) is 208 Å². The summed E-state index contributed by atoms with van der Waals surface area (Å²) in [5, 5.41) is 102. The van der Waals surface area contributed by atoms with Gasteiger partial charge in [-0.1, -0.05) is 24.6 Å². The van der Waals surface area contributed by atoms with E-state index >= 15 is 0 Å². The number of benzene rings is 10. The molecule has 14 aromatic rings. The number of thiophene rings is 1. The number of methoxy groups -OCH3 is 5. The molecule has 0 saturated carbocycles. The minimum atomic E-state index is -1.85.